The van der Waals surface area contributed by atoms with Gasteiger partial charge in [-0.15, -0.1) is 0 Å². The predicted molar refractivity (Wildman–Crippen MR) is 61.7 cm³/mol. The van der Waals surface area contributed by atoms with Crippen molar-refractivity contribution >= 4 is 29.3 Å². The number of aromatic nitrogens is 5. The third-order valence-electron chi connectivity index (χ3n) is 1.77. The van der Waals surface area contributed by atoms with E-state index >= 15 is 0 Å². The maximum atomic E-state index is 5.77. The minimum atomic E-state index is 0.163. The minimum absolute atomic E-state index is 0.163. The van der Waals surface area contributed by atoms with E-state index in [0.29, 0.717) is 11.1 Å². The van der Waals surface area contributed by atoms with E-state index in [0.717, 1.165) is 5.16 Å². The first-order valence-electron chi connectivity index (χ1n) is 4.43. The van der Waals surface area contributed by atoms with Crippen molar-refractivity contribution in [2.45, 2.75) is 10.3 Å². The number of anilines is 1. The average Bonchev–Trinajstić information content (AvgIpc) is 2.63. The first-order chi connectivity index (χ1) is 7.69. The Morgan fingerprint density at radius 3 is 2.81 bits per heavy atom. The molecule has 0 radical (unpaired) electrons. The summed E-state index contributed by atoms with van der Waals surface area (Å²) in [4.78, 5) is 16.2. The summed E-state index contributed by atoms with van der Waals surface area (Å²) in [5, 5.41) is 4.29. The number of nitrogens with one attached hydrogen (secondary N) is 1. The van der Waals surface area contributed by atoms with Gasteiger partial charge in [-0.1, -0.05) is 0 Å². The molecule has 0 saturated carbocycles. The summed E-state index contributed by atoms with van der Waals surface area (Å²) in [7, 11) is 3.62. The standard InChI is InChI=1S/C8H9ClN6S/c1-10-6-12-5(9)13-7(14-6)16-8-11-3-4-15(8)2/h3-4H,1-2H3,(H,10,12,13,14). The Morgan fingerprint density at radius 1 is 1.38 bits per heavy atom. The van der Waals surface area contributed by atoms with E-state index in [-0.39, 0.29) is 5.28 Å². The Labute approximate surface area is 101 Å². The summed E-state index contributed by atoms with van der Waals surface area (Å²) in [6.45, 7) is 0. The molecule has 0 fully saturated rings. The van der Waals surface area contributed by atoms with Crippen LogP contribution in [0.3, 0.4) is 0 Å². The highest BCUT2D eigenvalue weighted by Crippen LogP contribution is 2.23. The number of aryl methyl sites for hydroxylation is 1. The van der Waals surface area contributed by atoms with Gasteiger partial charge in [0, 0.05) is 26.5 Å². The molecule has 0 aliphatic carbocycles. The predicted octanol–water partition coefficient (Wildman–Crippen LogP) is 1.45. The lowest BCUT2D eigenvalue weighted by atomic mass is 10.9. The number of hydrogen-bond acceptors (Lipinski definition) is 6. The Kier molecular flexibility index (Phi) is 3.25. The van der Waals surface area contributed by atoms with Crippen molar-refractivity contribution in [3.05, 3.63) is 17.7 Å². The second-order valence-corrected chi connectivity index (χ2v) is 4.16. The van der Waals surface area contributed by atoms with E-state index in [2.05, 4.69) is 25.3 Å². The van der Waals surface area contributed by atoms with Crippen LogP contribution in [0.15, 0.2) is 22.7 Å². The Morgan fingerprint density at radius 2 is 2.19 bits per heavy atom. The van der Waals surface area contributed by atoms with Crippen LogP contribution >= 0.6 is 23.4 Å². The molecule has 0 atom stereocenters. The van der Waals surface area contributed by atoms with Crippen molar-refractivity contribution in [1.29, 1.82) is 0 Å². The van der Waals surface area contributed by atoms with Crippen molar-refractivity contribution in [3.63, 3.8) is 0 Å². The average molecular weight is 257 g/mol. The first kappa shape index (κ1) is 11.2. The monoisotopic (exact) mass is 256 g/mol. The molecule has 84 valence electrons. The molecule has 16 heavy (non-hydrogen) atoms. The zero-order chi connectivity index (χ0) is 11.5. The third-order valence-corrected chi connectivity index (χ3v) is 2.88. The van der Waals surface area contributed by atoms with Crippen LogP contribution in [0.4, 0.5) is 5.95 Å². The molecule has 8 heteroatoms. The molecule has 0 spiro atoms. The topological polar surface area (TPSA) is 68.5 Å². The SMILES string of the molecule is CNc1nc(Cl)nc(Sc2nccn2C)n1. The Balaban J connectivity index is 2.28. The molecule has 6 nitrogen and oxygen atoms in total. The van der Waals surface area contributed by atoms with E-state index in [1.807, 2.05) is 17.8 Å². The van der Waals surface area contributed by atoms with Crippen LogP contribution in [0.2, 0.25) is 5.28 Å². The lowest BCUT2D eigenvalue weighted by Crippen LogP contribution is -2.00. The summed E-state index contributed by atoms with van der Waals surface area (Å²) in [6, 6.07) is 0. The van der Waals surface area contributed by atoms with E-state index in [4.69, 9.17) is 11.6 Å². The molecular formula is C8H9ClN6S. The van der Waals surface area contributed by atoms with Crippen molar-refractivity contribution in [2.24, 2.45) is 7.05 Å². The van der Waals surface area contributed by atoms with Crippen LogP contribution in [0.25, 0.3) is 0 Å². The molecule has 0 unspecified atom stereocenters. The van der Waals surface area contributed by atoms with Crippen LogP contribution < -0.4 is 5.32 Å². The van der Waals surface area contributed by atoms with Gasteiger partial charge in [0.2, 0.25) is 16.4 Å². The molecule has 2 aromatic rings. The minimum Gasteiger partial charge on any atom is -0.357 e. The molecule has 0 aromatic carbocycles. The van der Waals surface area contributed by atoms with Gasteiger partial charge in [-0.05, 0) is 23.4 Å². The highest BCUT2D eigenvalue weighted by Gasteiger charge is 2.08. The maximum absolute atomic E-state index is 5.77. The summed E-state index contributed by atoms with van der Waals surface area (Å²) in [6.07, 6.45) is 3.56. The third kappa shape index (κ3) is 2.42. The van der Waals surface area contributed by atoms with Crippen LogP contribution in [-0.4, -0.2) is 31.6 Å². The highest BCUT2D eigenvalue weighted by atomic mass is 35.5. The number of halogens is 1. The van der Waals surface area contributed by atoms with Crippen molar-refractivity contribution in [2.75, 3.05) is 12.4 Å². The largest absolute Gasteiger partial charge is 0.357 e. The quantitative estimate of drug-likeness (QED) is 0.897. The smallest absolute Gasteiger partial charge is 0.228 e. The summed E-state index contributed by atoms with van der Waals surface area (Å²) >= 11 is 7.10. The molecular weight excluding hydrogens is 248 g/mol. The summed E-state index contributed by atoms with van der Waals surface area (Å²) < 4.78 is 1.88. The normalized spacial score (nSPS) is 10.4. The van der Waals surface area contributed by atoms with Gasteiger partial charge in [-0.3, -0.25) is 0 Å². The Bertz CT molecular complexity index is 499. The molecule has 0 bridgehead atoms. The molecule has 0 aliphatic heterocycles. The van der Waals surface area contributed by atoms with E-state index in [1.54, 1.807) is 13.2 Å². The fourth-order valence-electron chi connectivity index (χ4n) is 1.02. The molecule has 2 aromatic heterocycles. The number of rotatable bonds is 3. The second-order valence-electron chi connectivity index (χ2n) is 2.88. The van der Waals surface area contributed by atoms with Gasteiger partial charge < -0.3 is 9.88 Å². The summed E-state index contributed by atoms with van der Waals surface area (Å²) in [5.74, 6) is 0.441. The van der Waals surface area contributed by atoms with Crippen LogP contribution in [-0.2, 0) is 7.05 Å². The van der Waals surface area contributed by atoms with Crippen LogP contribution in [0, 0.1) is 0 Å². The van der Waals surface area contributed by atoms with Gasteiger partial charge in [0.05, 0.1) is 0 Å². The summed E-state index contributed by atoms with van der Waals surface area (Å²) in [5.41, 5.74) is 0. The molecule has 0 amide bonds. The molecule has 2 rings (SSSR count). The molecule has 0 saturated heterocycles. The van der Waals surface area contributed by atoms with Crippen molar-refractivity contribution in [1.82, 2.24) is 24.5 Å². The maximum Gasteiger partial charge on any atom is 0.228 e. The van der Waals surface area contributed by atoms with E-state index in [1.165, 1.54) is 11.8 Å². The van der Waals surface area contributed by atoms with Crippen molar-refractivity contribution < 1.29 is 0 Å². The van der Waals surface area contributed by atoms with Gasteiger partial charge in [0.15, 0.2) is 5.16 Å². The fourth-order valence-corrected chi connectivity index (χ4v) is 1.98. The van der Waals surface area contributed by atoms with Gasteiger partial charge in [-0.25, -0.2) is 4.98 Å². The highest BCUT2D eigenvalue weighted by molar-refractivity contribution is 7.99. The van der Waals surface area contributed by atoms with Gasteiger partial charge in [0.1, 0.15) is 0 Å². The van der Waals surface area contributed by atoms with Crippen LogP contribution in [0.1, 0.15) is 0 Å². The number of hydrogen-bond donors (Lipinski definition) is 1. The second kappa shape index (κ2) is 4.67. The number of imidazole rings is 1. The number of nitrogens with zero attached hydrogens (tertiary/aromatic N) is 5. The zero-order valence-electron chi connectivity index (χ0n) is 8.68. The molecule has 0 aliphatic rings. The molecule has 2 heterocycles. The first-order valence-corrected chi connectivity index (χ1v) is 5.63. The van der Waals surface area contributed by atoms with E-state index in [9.17, 15) is 0 Å². The lowest BCUT2D eigenvalue weighted by molar-refractivity contribution is 0.784. The van der Waals surface area contributed by atoms with Crippen molar-refractivity contribution in [3.8, 4) is 0 Å². The zero-order valence-corrected chi connectivity index (χ0v) is 10.2. The Hall–Kier alpha value is -1.34. The van der Waals surface area contributed by atoms with E-state index < -0.39 is 0 Å². The van der Waals surface area contributed by atoms with Gasteiger partial charge >= 0.3 is 0 Å². The fraction of sp³-hybridized carbons (Fsp3) is 0.250. The van der Waals surface area contributed by atoms with Crippen LogP contribution in [0.5, 0.6) is 0 Å². The molecule has 1 N–H and O–H groups in total. The lowest BCUT2D eigenvalue weighted by Gasteiger charge is -2.02. The van der Waals surface area contributed by atoms with Gasteiger partial charge in [0.25, 0.3) is 0 Å². The van der Waals surface area contributed by atoms with Gasteiger partial charge in [-0.2, -0.15) is 15.0 Å².